The summed E-state index contributed by atoms with van der Waals surface area (Å²) >= 11 is 0. The van der Waals surface area contributed by atoms with Crippen LogP contribution in [0.3, 0.4) is 0 Å². The topological polar surface area (TPSA) is 94.8 Å². The molecule has 3 aromatic carbocycles. The summed E-state index contributed by atoms with van der Waals surface area (Å²) in [6.07, 6.45) is 3.10. The van der Waals surface area contributed by atoms with E-state index in [1.54, 1.807) is 19.2 Å². The third-order valence-electron chi connectivity index (χ3n) is 9.43. The fourth-order valence-corrected chi connectivity index (χ4v) is 7.14. The Balaban J connectivity index is 1.60. The van der Waals surface area contributed by atoms with Crippen LogP contribution in [-0.4, -0.2) is 49.7 Å². The quantitative estimate of drug-likeness (QED) is 0.165. The smallest absolute Gasteiger partial charge is 0.255 e. The van der Waals surface area contributed by atoms with E-state index in [1.165, 1.54) is 12.1 Å². The van der Waals surface area contributed by atoms with Crippen molar-refractivity contribution in [3.05, 3.63) is 77.6 Å². The maximum Gasteiger partial charge on any atom is 0.255 e. The van der Waals surface area contributed by atoms with Gasteiger partial charge in [0.25, 0.3) is 11.8 Å². The highest BCUT2D eigenvalue weighted by Crippen LogP contribution is 2.42. The van der Waals surface area contributed by atoms with Crippen LogP contribution in [0.4, 0.5) is 10.1 Å². The minimum Gasteiger partial charge on any atom is -0.455 e. The van der Waals surface area contributed by atoms with Crippen LogP contribution >= 0.6 is 0 Å². The van der Waals surface area contributed by atoms with Crippen molar-refractivity contribution in [1.82, 2.24) is 10.6 Å². The van der Waals surface area contributed by atoms with Gasteiger partial charge < -0.3 is 25.1 Å². The van der Waals surface area contributed by atoms with E-state index in [4.69, 9.17) is 4.42 Å². The standard InChI is InChI=1S/C37H44FN3O4/c1-6-10-24-17-22(4)34(30(24)21-42)40-36(43)26-12-9-11-25(18-26)28-19-29-32(20-31(28)41(7-2)8-3)45-35(33(29)37(44)39-5)23-13-15-27(38)16-14-23/h9,11-16,18-20,22,24,30,34,42H,6-8,10,17,21H2,1-5H3,(H,39,44)(H,40,43). The van der Waals surface area contributed by atoms with Crippen molar-refractivity contribution in [2.75, 3.05) is 31.6 Å². The summed E-state index contributed by atoms with van der Waals surface area (Å²) in [6.45, 7) is 10.0. The van der Waals surface area contributed by atoms with Crippen LogP contribution in [0.15, 0.2) is 65.1 Å². The Labute approximate surface area is 264 Å². The van der Waals surface area contributed by atoms with E-state index in [0.717, 1.165) is 49.2 Å². The van der Waals surface area contributed by atoms with E-state index in [9.17, 15) is 19.1 Å². The second kappa shape index (κ2) is 13.9. The summed E-state index contributed by atoms with van der Waals surface area (Å²) in [4.78, 5) is 29.1. The molecule has 1 aromatic heterocycles. The van der Waals surface area contributed by atoms with Crippen LogP contribution < -0.4 is 15.5 Å². The molecule has 3 N–H and O–H groups in total. The minimum atomic E-state index is -0.374. The summed E-state index contributed by atoms with van der Waals surface area (Å²) in [5.74, 6) is 0.243. The predicted octanol–water partition coefficient (Wildman–Crippen LogP) is 7.27. The first kappa shape index (κ1) is 32.2. The van der Waals surface area contributed by atoms with Crippen molar-refractivity contribution in [3.63, 3.8) is 0 Å². The maximum atomic E-state index is 13.7. The Morgan fingerprint density at radius 3 is 2.38 bits per heavy atom. The van der Waals surface area contributed by atoms with Crippen LogP contribution in [0, 0.1) is 23.6 Å². The van der Waals surface area contributed by atoms with E-state index in [2.05, 4.69) is 43.2 Å². The molecular formula is C37H44FN3O4. The molecule has 1 heterocycles. The maximum absolute atomic E-state index is 13.7. The summed E-state index contributed by atoms with van der Waals surface area (Å²) in [7, 11) is 1.57. The van der Waals surface area contributed by atoms with Gasteiger partial charge in [-0.05, 0) is 80.1 Å². The summed E-state index contributed by atoms with van der Waals surface area (Å²) in [5.41, 5.74) is 4.65. The van der Waals surface area contributed by atoms with E-state index in [-0.39, 0.29) is 42.1 Å². The number of halogens is 1. The Hall–Kier alpha value is -4.17. The number of nitrogens with one attached hydrogen (secondary N) is 2. The lowest BCUT2D eigenvalue weighted by molar-refractivity contribution is 0.0889. The Kier molecular flexibility index (Phi) is 9.93. The zero-order chi connectivity index (χ0) is 32.2. The van der Waals surface area contributed by atoms with E-state index < -0.39 is 0 Å². The number of carbonyl (C=O) groups is 2. The third kappa shape index (κ3) is 6.34. The monoisotopic (exact) mass is 613 g/mol. The van der Waals surface area contributed by atoms with Crippen molar-refractivity contribution >= 4 is 28.5 Å². The molecule has 45 heavy (non-hydrogen) atoms. The first-order chi connectivity index (χ1) is 21.7. The van der Waals surface area contributed by atoms with Crippen molar-refractivity contribution in [2.45, 2.75) is 53.0 Å². The third-order valence-corrected chi connectivity index (χ3v) is 9.43. The number of fused-ring (bicyclic) bond motifs is 1. The molecule has 4 unspecified atom stereocenters. The molecule has 7 nitrogen and oxygen atoms in total. The molecule has 1 aliphatic carbocycles. The summed E-state index contributed by atoms with van der Waals surface area (Å²) in [6, 6.07) is 17.3. The molecule has 1 saturated carbocycles. The molecule has 0 bridgehead atoms. The second-order valence-corrected chi connectivity index (χ2v) is 12.1. The summed E-state index contributed by atoms with van der Waals surface area (Å²) < 4.78 is 20.1. The van der Waals surface area contributed by atoms with Crippen LogP contribution in [-0.2, 0) is 0 Å². The van der Waals surface area contributed by atoms with Gasteiger partial charge in [-0.2, -0.15) is 0 Å². The Bertz CT molecular complexity index is 1660. The number of benzene rings is 3. The van der Waals surface area contributed by atoms with Gasteiger partial charge in [0.1, 0.15) is 17.2 Å². The predicted molar refractivity (Wildman–Crippen MR) is 178 cm³/mol. The van der Waals surface area contributed by atoms with Crippen LogP contribution in [0.5, 0.6) is 0 Å². The van der Waals surface area contributed by atoms with Gasteiger partial charge in [0.15, 0.2) is 0 Å². The largest absolute Gasteiger partial charge is 0.455 e. The highest BCUT2D eigenvalue weighted by atomic mass is 19.1. The van der Waals surface area contributed by atoms with Crippen molar-refractivity contribution in [3.8, 4) is 22.5 Å². The van der Waals surface area contributed by atoms with Crippen LogP contribution in [0.2, 0.25) is 0 Å². The number of nitrogens with zero attached hydrogens (tertiary/aromatic N) is 1. The molecular weight excluding hydrogens is 569 g/mol. The molecule has 8 heteroatoms. The highest BCUT2D eigenvalue weighted by molar-refractivity contribution is 6.13. The van der Waals surface area contributed by atoms with Gasteiger partial charge in [0.05, 0.1) is 5.56 Å². The zero-order valence-corrected chi connectivity index (χ0v) is 26.8. The molecule has 0 radical (unpaired) electrons. The minimum absolute atomic E-state index is 0.0447. The second-order valence-electron chi connectivity index (χ2n) is 12.1. The van der Waals surface area contributed by atoms with E-state index in [0.29, 0.717) is 39.3 Å². The van der Waals surface area contributed by atoms with Crippen molar-refractivity contribution < 1.29 is 23.5 Å². The lowest BCUT2D eigenvalue weighted by Gasteiger charge is -2.26. The average molecular weight is 614 g/mol. The number of furan rings is 1. The molecule has 5 rings (SSSR count). The van der Waals surface area contributed by atoms with Crippen LogP contribution in [0.25, 0.3) is 33.4 Å². The van der Waals surface area contributed by atoms with Crippen molar-refractivity contribution in [2.24, 2.45) is 17.8 Å². The fraction of sp³-hybridized carbons (Fsp3) is 0.405. The molecule has 1 fully saturated rings. The van der Waals surface area contributed by atoms with E-state index in [1.807, 2.05) is 36.4 Å². The first-order valence-electron chi connectivity index (χ1n) is 16.1. The van der Waals surface area contributed by atoms with Gasteiger partial charge in [-0.25, -0.2) is 4.39 Å². The lowest BCUT2D eigenvalue weighted by atomic mass is 9.90. The number of amides is 2. The van der Waals surface area contributed by atoms with Gasteiger partial charge in [-0.3, -0.25) is 9.59 Å². The molecule has 0 saturated heterocycles. The molecule has 0 spiro atoms. The first-order valence-corrected chi connectivity index (χ1v) is 16.1. The highest BCUT2D eigenvalue weighted by Gasteiger charge is 2.41. The number of hydrogen-bond donors (Lipinski definition) is 3. The van der Waals surface area contributed by atoms with Crippen LogP contribution in [0.1, 0.15) is 67.7 Å². The van der Waals surface area contributed by atoms with Crippen molar-refractivity contribution in [1.29, 1.82) is 0 Å². The number of hydrogen-bond acceptors (Lipinski definition) is 5. The number of aliphatic hydroxyl groups excluding tert-OH is 1. The number of anilines is 1. The Morgan fingerprint density at radius 2 is 1.73 bits per heavy atom. The normalized spacial score (nSPS) is 19.5. The Morgan fingerprint density at radius 1 is 1.00 bits per heavy atom. The van der Waals surface area contributed by atoms with Gasteiger partial charge >= 0.3 is 0 Å². The molecule has 238 valence electrons. The number of carbonyl (C=O) groups excluding carboxylic acids is 2. The lowest BCUT2D eigenvalue weighted by Crippen LogP contribution is -2.43. The zero-order valence-electron chi connectivity index (χ0n) is 26.8. The molecule has 4 aromatic rings. The molecule has 0 aliphatic heterocycles. The number of aliphatic hydroxyl groups is 1. The average Bonchev–Trinajstić information content (AvgIpc) is 3.57. The van der Waals surface area contributed by atoms with Gasteiger partial charge in [-0.1, -0.05) is 38.8 Å². The van der Waals surface area contributed by atoms with Gasteiger partial charge in [0, 0.05) is 72.5 Å². The molecule has 1 aliphatic rings. The van der Waals surface area contributed by atoms with Gasteiger partial charge in [0.2, 0.25) is 0 Å². The molecule has 2 amide bonds. The number of rotatable bonds is 11. The fourth-order valence-electron chi connectivity index (χ4n) is 7.14. The van der Waals surface area contributed by atoms with E-state index >= 15 is 0 Å². The summed E-state index contributed by atoms with van der Waals surface area (Å²) in [5, 5.41) is 16.8. The SMILES string of the molecule is CCCC1CC(C)C(NC(=O)c2cccc(-c3cc4c(C(=O)NC)c(-c5ccc(F)cc5)oc4cc3N(CC)CC)c2)C1CO. The van der Waals surface area contributed by atoms with Gasteiger partial charge in [-0.15, -0.1) is 0 Å². The molecule has 4 atom stereocenters.